The minimum Gasteiger partial charge on any atom is -0.490 e. The number of aromatic nitrogens is 2. The molecule has 0 bridgehead atoms. The highest BCUT2D eigenvalue weighted by Crippen LogP contribution is 2.32. The Kier molecular flexibility index (Phi) is 7.12. The van der Waals surface area contributed by atoms with Gasteiger partial charge in [0.15, 0.2) is 16.7 Å². The molecule has 0 saturated carbocycles. The maximum atomic E-state index is 12.1. The number of H-pyrrole nitrogens is 1. The van der Waals surface area contributed by atoms with Crippen LogP contribution in [0.25, 0.3) is 0 Å². The molecule has 0 saturated heterocycles. The lowest BCUT2D eigenvalue weighted by Gasteiger charge is -2.10. The molecule has 1 aliphatic heterocycles. The van der Waals surface area contributed by atoms with Crippen LogP contribution < -0.4 is 25.7 Å². The predicted octanol–water partition coefficient (Wildman–Crippen LogP) is 2.32. The fourth-order valence-electron chi connectivity index (χ4n) is 2.64. The molecule has 0 fully saturated rings. The summed E-state index contributed by atoms with van der Waals surface area (Å²) in [5.74, 6) is 0.592. The van der Waals surface area contributed by atoms with Crippen molar-refractivity contribution in [1.29, 1.82) is 0 Å². The quantitative estimate of drug-likeness (QED) is 0.486. The molecule has 2 heterocycles. The van der Waals surface area contributed by atoms with Gasteiger partial charge >= 0.3 is 6.03 Å². The average molecular weight is 418 g/mol. The van der Waals surface area contributed by atoms with Crippen LogP contribution in [0.15, 0.2) is 34.2 Å². The standard InChI is InChI=1S/C19H22N4O5S/c1-2-4-12-10-16(24)23-19(21-12)29-11-17(25)22-18(26)20-13-5-6-14-15(9-13)28-8-3-7-27-14/h5-6,9-10H,2-4,7-8,11H2,1H3,(H,21,23,24)(H2,20,22,25,26). The monoisotopic (exact) mass is 418 g/mol. The molecule has 3 N–H and O–H groups in total. The van der Waals surface area contributed by atoms with Gasteiger partial charge in [-0.1, -0.05) is 25.1 Å². The highest BCUT2D eigenvalue weighted by atomic mass is 32.2. The first kappa shape index (κ1) is 20.7. The number of hydrogen-bond donors (Lipinski definition) is 3. The molecule has 1 aromatic carbocycles. The zero-order chi connectivity index (χ0) is 20.6. The summed E-state index contributed by atoms with van der Waals surface area (Å²) in [6.45, 7) is 3.10. The second-order valence-corrected chi connectivity index (χ2v) is 7.26. The smallest absolute Gasteiger partial charge is 0.325 e. The van der Waals surface area contributed by atoms with Crippen LogP contribution in [-0.4, -0.2) is 40.9 Å². The van der Waals surface area contributed by atoms with E-state index in [2.05, 4.69) is 20.6 Å². The third-order valence-electron chi connectivity index (χ3n) is 3.88. The number of nitrogens with zero attached hydrogens (tertiary/aromatic N) is 1. The van der Waals surface area contributed by atoms with E-state index in [0.29, 0.717) is 47.7 Å². The number of carbonyl (C=O) groups is 2. The molecule has 3 rings (SSSR count). The molecule has 0 aliphatic carbocycles. The van der Waals surface area contributed by atoms with Gasteiger partial charge in [0, 0.05) is 29.9 Å². The Labute approximate surface area is 171 Å². The molecule has 29 heavy (non-hydrogen) atoms. The van der Waals surface area contributed by atoms with Crippen LogP contribution in [0.2, 0.25) is 0 Å². The summed E-state index contributed by atoms with van der Waals surface area (Å²) >= 11 is 1.06. The molecule has 9 nitrogen and oxygen atoms in total. The SMILES string of the molecule is CCCc1cc(=O)[nH]c(SCC(=O)NC(=O)Nc2ccc3c(c2)OCCCO3)n1. The van der Waals surface area contributed by atoms with E-state index in [9.17, 15) is 14.4 Å². The Hall–Kier alpha value is -3.01. The minimum atomic E-state index is -0.661. The molecule has 3 amide bonds. The number of aryl methyl sites for hydroxylation is 1. The molecule has 154 valence electrons. The highest BCUT2D eigenvalue weighted by Gasteiger charge is 2.14. The second kappa shape index (κ2) is 9.97. The summed E-state index contributed by atoms with van der Waals surface area (Å²) in [4.78, 5) is 42.6. The largest absolute Gasteiger partial charge is 0.490 e. The number of thioether (sulfide) groups is 1. The summed E-state index contributed by atoms with van der Waals surface area (Å²) in [5, 5.41) is 5.18. The lowest BCUT2D eigenvalue weighted by molar-refractivity contribution is -0.117. The fourth-order valence-corrected chi connectivity index (χ4v) is 3.33. The van der Waals surface area contributed by atoms with Crippen molar-refractivity contribution in [1.82, 2.24) is 15.3 Å². The topological polar surface area (TPSA) is 122 Å². The first-order valence-corrected chi connectivity index (χ1v) is 10.3. The number of rotatable bonds is 6. The van der Waals surface area contributed by atoms with Gasteiger partial charge in [0.25, 0.3) is 5.56 Å². The van der Waals surface area contributed by atoms with Gasteiger partial charge in [-0.05, 0) is 18.6 Å². The van der Waals surface area contributed by atoms with E-state index in [4.69, 9.17) is 9.47 Å². The van der Waals surface area contributed by atoms with Gasteiger partial charge in [0.2, 0.25) is 5.91 Å². The molecule has 0 radical (unpaired) electrons. The number of nitrogens with one attached hydrogen (secondary N) is 3. The second-order valence-electron chi connectivity index (χ2n) is 6.29. The van der Waals surface area contributed by atoms with Gasteiger partial charge in [0.1, 0.15) is 0 Å². The molecule has 2 aromatic rings. The van der Waals surface area contributed by atoms with Crippen molar-refractivity contribution >= 4 is 29.4 Å². The molecule has 0 spiro atoms. The van der Waals surface area contributed by atoms with Gasteiger partial charge in [-0.3, -0.25) is 14.9 Å². The third-order valence-corrected chi connectivity index (χ3v) is 4.75. The predicted molar refractivity (Wildman–Crippen MR) is 109 cm³/mol. The van der Waals surface area contributed by atoms with Crippen LogP contribution in [0, 0.1) is 0 Å². The van der Waals surface area contributed by atoms with E-state index in [1.54, 1.807) is 18.2 Å². The minimum absolute atomic E-state index is 0.0624. The normalized spacial score (nSPS) is 12.7. The van der Waals surface area contributed by atoms with Crippen LogP contribution in [0.5, 0.6) is 11.5 Å². The van der Waals surface area contributed by atoms with Crippen molar-refractivity contribution in [3.63, 3.8) is 0 Å². The maximum absolute atomic E-state index is 12.1. The van der Waals surface area contributed by atoms with E-state index in [1.165, 1.54) is 6.07 Å². The number of fused-ring (bicyclic) bond motifs is 1. The Morgan fingerprint density at radius 2 is 2.00 bits per heavy atom. The zero-order valence-electron chi connectivity index (χ0n) is 15.9. The van der Waals surface area contributed by atoms with Crippen LogP contribution >= 0.6 is 11.8 Å². The van der Waals surface area contributed by atoms with Crippen molar-refractivity contribution in [3.05, 3.63) is 40.3 Å². The van der Waals surface area contributed by atoms with Crippen LogP contribution in [-0.2, 0) is 11.2 Å². The maximum Gasteiger partial charge on any atom is 0.325 e. The van der Waals surface area contributed by atoms with Crippen molar-refractivity contribution < 1.29 is 19.1 Å². The summed E-state index contributed by atoms with van der Waals surface area (Å²) < 4.78 is 11.1. The Morgan fingerprint density at radius 3 is 2.79 bits per heavy atom. The van der Waals surface area contributed by atoms with Crippen LogP contribution in [0.1, 0.15) is 25.5 Å². The number of carbonyl (C=O) groups excluding carboxylic acids is 2. The Bertz CT molecular complexity index is 946. The number of benzene rings is 1. The van der Waals surface area contributed by atoms with Gasteiger partial charge in [-0.25, -0.2) is 9.78 Å². The van der Waals surface area contributed by atoms with Crippen molar-refractivity contribution in [3.8, 4) is 11.5 Å². The number of urea groups is 1. The van der Waals surface area contributed by atoms with Crippen LogP contribution in [0.4, 0.5) is 10.5 Å². The van der Waals surface area contributed by atoms with E-state index >= 15 is 0 Å². The first-order valence-electron chi connectivity index (χ1n) is 9.27. The van der Waals surface area contributed by atoms with E-state index in [1.807, 2.05) is 6.92 Å². The molecule has 0 unspecified atom stereocenters. The number of imide groups is 1. The third kappa shape index (κ3) is 6.24. The van der Waals surface area contributed by atoms with Gasteiger partial charge < -0.3 is 19.8 Å². The molecule has 10 heteroatoms. The van der Waals surface area contributed by atoms with Crippen LogP contribution in [0.3, 0.4) is 0 Å². The number of ether oxygens (including phenoxy) is 2. The fraction of sp³-hybridized carbons (Fsp3) is 0.368. The molecular formula is C19H22N4O5S. The van der Waals surface area contributed by atoms with Crippen molar-refractivity contribution in [2.75, 3.05) is 24.3 Å². The molecule has 1 aliphatic rings. The summed E-state index contributed by atoms with van der Waals surface area (Å²) in [6, 6.07) is 5.80. The lowest BCUT2D eigenvalue weighted by Crippen LogP contribution is -2.35. The highest BCUT2D eigenvalue weighted by molar-refractivity contribution is 7.99. The number of aromatic amines is 1. The van der Waals surface area contributed by atoms with E-state index < -0.39 is 11.9 Å². The van der Waals surface area contributed by atoms with Gasteiger partial charge in [0.05, 0.1) is 19.0 Å². The summed E-state index contributed by atoms with van der Waals surface area (Å²) in [5.41, 5.74) is 0.885. The first-order chi connectivity index (χ1) is 14.0. The van der Waals surface area contributed by atoms with Gasteiger partial charge in [-0.15, -0.1) is 0 Å². The summed E-state index contributed by atoms with van der Waals surface area (Å²) in [7, 11) is 0. The van der Waals surface area contributed by atoms with Crippen molar-refractivity contribution in [2.45, 2.75) is 31.3 Å². The van der Waals surface area contributed by atoms with Gasteiger partial charge in [-0.2, -0.15) is 0 Å². The van der Waals surface area contributed by atoms with Crippen molar-refractivity contribution in [2.24, 2.45) is 0 Å². The van der Waals surface area contributed by atoms with E-state index in [0.717, 1.165) is 24.6 Å². The lowest BCUT2D eigenvalue weighted by atomic mass is 10.2. The summed E-state index contributed by atoms with van der Waals surface area (Å²) in [6.07, 6.45) is 2.33. The molecule has 1 aromatic heterocycles. The zero-order valence-corrected chi connectivity index (χ0v) is 16.8. The molecular weight excluding hydrogens is 396 g/mol. The number of anilines is 1. The number of hydrogen-bond acceptors (Lipinski definition) is 7. The molecule has 0 atom stereocenters. The average Bonchev–Trinajstić information content (AvgIpc) is 2.91. The Morgan fingerprint density at radius 1 is 1.21 bits per heavy atom. The number of amides is 3. The van der Waals surface area contributed by atoms with E-state index in [-0.39, 0.29) is 11.3 Å². The Balaban J connectivity index is 1.51.